The molecule has 102 valence electrons. The first-order valence-electron chi connectivity index (χ1n) is 6.45. The number of halogens is 1. The van der Waals surface area contributed by atoms with Crippen LogP contribution < -0.4 is 0 Å². The molecule has 1 N–H and O–H groups in total. The normalized spacial score (nSPS) is 12.9. The fourth-order valence-corrected chi connectivity index (χ4v) is 2.23. The molecule has 0 aliphatic rings. The van der Waals surface area contributed by atoms with Crippen molar-refractivity contribution < 1.29 is 5.11 Å². The monoisotopic (exact) mass is 278 g/mol. The van der Waals surface area contributed by atoms with Crippen LogP contribution in [0.25, 0.3) is 0 Å². The zero-order valence-electron chi connectivity index (χ0n) is 11.5. The summed E-state index contributed by atoms with van der Waals surface area (Å²) in [6, 6.07) is 7.86. The Labute approximate surface area is 118 Å². The minimum absolute atomic E-state index is 0.332. The number of aromatic nitrogens is 2. The van der Waals surface area contributed by atoms with Gasteiger partial charge >= 0.3 is 0 Å². The number of hydrogen-bond donors (Lipinski definition) is 1. The first kappa shape index (κ1) is 14.1. The predicted octanol–water partition coefficient (Wildman–Crippen LogP) is 3.70. The van der Waals surface area contributed by atoms with Crippen LogP contribution in [-0.2, 0) is 6.42 Å². The molecule has 1 aromatic heterocycles. The molecule has 0 amide bonds. The minimum atomic E-state index is -0.575. The maximum Gasteiger partial charge on any atom is 0.0849 e. The summed E-state index contributed by atoms with van der Waals surface area (Å²) in [5.74, 6) is 0. The highest BCUT2D eigenvalue weighted by atomic mass is 35.5. The zero-order valence-corrected chi connectivity index (χ0v) is 12.2. The average molecular weight is 279 g/mol. The summed E-state index contributed by atoms with van der Waals surface area (Å²) in [6.07, 6.45) is 1.87. The van der Waals surface area contributed by atoms with Gasteiger partial charge in [-0.2, -0.15) is 5.10 Å². The van der Waals surface area contributed by atoms with Crippen molar-refractivity contribution in [3.8, 4) is 0 Å². The Morgan fingerprint density at radius 1 is 1.32 bits per heavy atom. The van der Waals surface area contributed by atoms with Crippen LogP contribution in [0.1, 0.15) is 42.8 Å². The summed E-state index contributed by atoms with van der Waals surface area (Å²) in [5.41, 5.74) is 2.80. The second-order valence-corrected chi connectivity index (χ2v) is 5.54. The summed E-state index contributed by atoms with van der Waals surface area (Å²) in [7, 11) is 0. The van der Waals surface area contributed by atoms with E-state index in [1.807, 2.05) is 42.1 Å². The van der Waals surface area contributed by atoms with E-state index in [1.54, 1.807) is 0 Å². The maximum atomic E-state index is 10.3. The molecule has 0 aliphatic carbocycles. The van der Waals surface area contributed by atoms with E-state index in [2.05, 4.69) is 18.9 Å². The van der Waals surface area contributed by atoms with Gasteiger partial charge in [0.05, 0.1) is 11.8 Å². The Morgan fingerprint density at radius 2 is 2.05 bits per heavy atom. The van der Waals surface area contributed by atoms with E-state index >= 15 is 0 Å². The van der Waals surface area contributed by atoms with Crippen molar-refractivity contribution >= 4 is 11.6 Å². The van der Waals surface area contributed by atoms with Gasteiger partial charge in [-0.05, 0) is 50.1 Å². The topological polar surface area (TPSA) is 38.0 Å². The van der Waals surface area contributed by atoms with Gasteiger partial charge in [-0.25, -0.2) is 0 Å². The molecule has 4 heteroatoms. The molecular formula is C15H19ClN2O. The molecule has 0 bridgehead atoms. The molecule has 0 fully saturated rings. The van der Waals surface area contributed by atoms with Gasteiger partial charge < -0.3 is 5.11 Å². The van der Waals surface area contributed by atoms with E-state index in [0.717, 1.165) is 16.8 Å². The van der Waals surface area contributed by atoms with E-state index in [-0.39, 0.29) is 0 Å². The van der Waals surface area contributed by atoms with E-state index in [9.17, 15) is 5.11 Å². The van der Waals surface area contributed by atoms with Crippen molar-refractivity contribution in [2.75, 3.05) is 0 Å². The minimum Gasteiger partial charge on any atom is -0.388 e. The SMILES string of the molecule is Cc1ccc(Cl)cc1C(O)Cc1ccn(C(C)C)n1. The van der Waals surface area contributed by atoms with Crippen LogP contribution in [0.3, 0.4) is 0 Å². The molecule has 0 radical (unpaired) electrons. The Balaban J connectivity index is 2.15. The van der Waals surface area contributed by atoms with E-state index in [0.29, 0.717) is 17.5 Å². The number of benzene rings is 1. The van der Waals surface area contributed by atoms with Gasteiger partial charge in [0.1, 0.15) is 0 Å². The zero-order chi connectivity index (χ0) is 14.0. The number of aryl methyl sites for hydroxylation is 1. The van der Waals surface area contributed by atoms with Crippen LogP contribution in [0, 0.1) is 6.92 Å². The summed E-state index contributed by atoms with van der Waals surface area (Å²) < 4.78 is 1.90. The Morgan fingerprint density at radius 3 is 2.68 bits per heavy atom. The average Bonchev–Trinajstić information content (AvgIpc) is 2.80. The molecule has 0 aliphatic heterocycles. The fourth-order valence-electron chi connectivity index (χ4n) is 2.05. The van der Waals surface area contributed by atoms with Crippen molar-refractivity contribution in [3.05, 3.63) is 52.3 Å². The van der Waals surface area contributed by atoms with Crippen LogP contribution in [-0.4, -0.2) is 14.9 Å². The van der Waals surface area contributed by atoms with Crippen LogP contribution in [0.2, 0.25) is 5.02 Å². The molecule has 1 atom stereocenters. The molecule has 1 heterocycles. The van der Waals surface area contributed by atoms with Crippen molar-refractivity contribution in [2.45, 2.75) is 39.3 Å². The van der Waals surface area contributed by atoms with Gasteiger partial charge in [0, 0.05) is 23.7 Å². The standard InChI is InChI=1S/C15H19ClN2O/c1-10(2)18-7-6-13(17-18)9-15(19)14-8-12(16)5-4-11(14)3/h4-8,10,15,19H,9H2,1-3H3. The molecule has 2 rings (SSSR count). The van der Waals surface area contributed by atoms with E-state index in [1.165, 1.54) is 0 Å². The summed E-state index contributed by atoms with van der Waals surface area (Å²) in [6.45, 7) is 6.13. The Kier molecular flexibility index (Phi) is 4.27. The molecule has 2 aromatic rings. The molecular weight excluding hydrogens is 260 g/mol. The summed E-state index contributed by atoms with van der Waals surface area (Å²) >= 11 is 5.98. The van der Waals surface area contributed by atoms with Gasteiger partial charge in [0.15, 0.2) is 0 Å². The number of nitrogens with zero attached hydrogens (tertiary/aromatic N) is 2. The molecule has 1 aromatic carbocycles. The highest BCUT2D eigenvalue weighted by molar-refractivity contribution is 6.30. The van der Waals surface area contributed by atoms with Gasteiger partial charge in [-0.15, -0.1) is 0 Å². The molecule has 0 saturated carbocycles. The largest absolute Gasteiger partial charge is 0.388 e. The maximum absolute atomic E-state index is 10.3. The van der Waals surface area contributed by atoms with Gasteiger partial charge in [0.25, 0.3) is 0 Å². The molecule has 0 saturated heterocycles. The second-order valence-electron chi connectivity index (χ2n) is 5.10. The quantitative estimate of drug-likeness (QED) is 0.926. The van der Waals surface area contributed by atoms with Crippen molar-refractivity contribution in [3.63, 3.8) is 0 Å². The predicted molar refractivity (Wildman–Crippen MR) is 77.5 cm³/mol. The van der Waals surface area contributed by atoms with E-state index < -0.39 is 6.10 Å². The van der Waals surface area contributed by atoms with E-state index in [4.69, 9.17) is 11.6 Å². The van der Waals surface area contributed by atoms with Crippen LogP contribution >= 0.6 is 11.6 Å². The number of aliphatic hydroxyl groups excluding tert-OH is 1. The van der Waals surface area contributed by atoms with Crippen LogP contribution in [0.4, 0.5) is 0 Å². The third kappa shape index (κ3) is 3.37. The van der Waals surface area contributed by atoms with Crippen molar-refractivity contribution in [1.82, 2.24) is 9.78 Å². The fraction of sp³-hybridized carbons (Fsp3) is 0.400. The van der Waals surface area contributed by atoms with Crippen molar-refractivity contribution in [1.29, 1.82) is 0 Å². The van der Waals surface area contributed by atoms with Gasteiger partial charge in [-0.3, -0.25) is 4.68 Å². The molecule has 1 unspecified atom stereocenters. The lowest BCUT2D eigenvalue weighted by Gasteiger charge is -2.13. The first-order chi connectivity index (χ1) is 8.97. The lowest BCUT2D eigenvalue weighted by molar-refractivity contribution is 0.176. The Hall–Kier alpha value is -1.32. The molecule has 0 spiro atoms. The lowest BCUT2D eigenvalue weighted by Crippen LogP contribution is -2.06. The summed E-state index contributed by atoms with van der Waals surface area (Å²) in [5, 5.41) is 15.4. The first-order valence-corrected chi connectivity index (χ1v) is 6.83. The lowest BCUT2D eigenvalue weighted by atomic mass is 10.0. The number of rotatable bonds is 4. The highest BCUT2D eigenvalue weighted by Crippen LogP contribution is 2.24. The number of aliphatic hydroxyl groups is 1. The third-order valence-corrected chi connectivity index (χ3v) is 3.43. The summed E-state index contributed by atoms with van der Waals surface area (Å²) in [4.78, 5) is 0. The van der Waals surface area contributed by atoms with Crippen LogP contribution in [0.15, 0.2) is 30.5 Å². The van der Waals surface area contributed by atoms with Gasteiger partial charge in [-0.1, -0.05) is 17.7 Å². The Bertz CT molecular complexity index is 563. The highest BCUT2D eigenvalue weighted by Gasteiger charge is 2.14. The van der Waals surface area contributed by atoms with Gasteiger partial charge in [0.2, 0.25) is 0 Å². The third-order valence-electron chi connectivity index (χ3n) is 3.20. The van der Waals surface area contributed by atoms with Crippen molar-refractivity contribution in [2.24, 2.45) is 0 Å². The van der Waals surface area contributed by atoms with Crippen LogP contribution in [0.5, 0.6) is 0 Å². The molecule has 19 heavy (non-hydrogen) atoms. The number of hydrogen-bond acceptors (Lipinski definition) is 2. The second kappa shape index (κ2) is 5.76. The molecule has 3 nitrogen and oxygen atoms in total. The smallest absolute Gasteiger partial charge is 0.0849 e.